The van der Waals surface area contributed by atoms with Crippen LogP contribution in [-0.2, 0) is 5.88 Å². The fourth-order valence-corrected chi connectivity index (χ4v) is 3.95. The number of aromatic amines is 1. The third-order valence-electron chi connectivity index (χ3n) is 5.28. The molecule has 0 aliphatic rings. The molecule has 0 saturated carbocycles. The molecule has 5 heteroatoms. The van der Waals surface area contributed by atoms with Crippen molar-refractivity contribution < 1.29 is 0 Å². The summed E-state index contributed by atoms with van der Waals surface area (Å²) in [5.74, 6) is 0.493. The molecule has 3 N–H and O–H groups in total. The molecule has 0 amide bonds. The number of alkyl halides is 1. The highest BCUT2D eigenvalue weighted by atomic mass is 35.5. The van der Waals surface area contributed by atoms with Gasteiger partial charge in [0.05, 0.1) is 5.69 Å². The maximum atomic E-state index is 6.44. The first kappa shape index (κ1) is 18.4. The Balaban J connectivity index is 1.69. The Hall–Kier alpha value is -3.63. The van der Waals surface area contributed by atoms with Crippen molar-refractivity contribution in [2.24, 2.45) is 0 Å². The number of nitrogens with two attached hydrogens (primary N) is 1. The van der Waals surface area contributed by atoms with Crippen LogP contribution >= 0.6 is 11.6 Å². The van der Waals surface area contributed by atoms with E-state index in [4.69, 9.17) is 17.3 Å². The van der Waals surface area contributed by atoms with E-state index in [2.05, 4.69) is 51.6 Å². The van der Waals surface area contributed by atoms with E-state index in [9.17, 15) is 0 Å². The summed E-state index contributed by atoms with van der Waals surface area (Å²) >= 11 is 5.95. The molecule has 4 nitrogen and oxygen atoms in total. The van der Waals surface area contributed by atoms with Crippen LogP contribution in [0.5, 0.6) is 0 Å². The van der Waals surface area contributed by atoms with Crippen LogP contribution in [0.1, 0.15) is 5.56 Å². The number of hydrogen-bond donors (Lipinski definition) is 2. The second-order valence-corrected chi connectivity index (χ2v) is 7.43. The minimum Gasteiger partial charge on any atom is -0.398 e. The zero-order chi connectivity index (χ0) is 20.5. The number of H-pyrrole nitrogens is 1. The van der Waals surface area contributed by atoms with Gasteiger partial charge in [0.2, 0.25) is 0 Å². The normalized spacial score (nSPS) is 11.1. The molecule has 0 radical (unpaired) electrons. The molecule has 2 aromatic heterocycles. The van der Waals surface area contributed by atoms with E-state index in [0.29, 0.717) is 17.2 Å². The Morgan fingerprint density at radius 3 is 2.40 bits per heavy atom. The molecule has 0 atom stereocenters. The molecule has 5 rings (SSSR count). The lowest BCUT2D eigenvalue weighted by molar-refractivity contribution is 1.10. The summed E-state index contributed by atoms with van der Waals surface area (Å²) < 4.78 is 0. The smallest absolute Gasteiger partial charge is 0.181 e. The van der Waals surface area contributed by atoms with E-state index < -0.39 is 0 Å². The zero-order valence-corrected chi connectivity index (χ0v) is 16.9. The van der Waals surface area contributed by atoms with E-state index in [1.165, 1.54) is 0 Å². The molecule has 0 aliphatic carbocycles. The molecular weight excluding hydrogens is 392 g/mol. The van der Waals surface area contributed by atoms with Crippen LogP contribution in [0.2, 0.25) is 0 Å². The molecule has 146 valence electrons. The summed E-state index contributed by atoms with van der Waals surface area (Å²) in [7, 11) is 0. The van der Waals surface area contributed by atoms with E-state index in [0.717, 1.165) is 44.5 Å². The van der Waals surface area contributed by atoms with Crippen LogP contribution < -0.4 is 5.73 Å². The zero-order valence-electron chi connectivity index (χ0n) is 16.1. The SMILES string of the molecule is Nc1cccc(-c2ccc(CCl)cc2)c1-c1cnc2n[nH]c(-c3ccccc3)c2c1. The number of fused-ring (bicyclic) bond motifs is 1. The number of benzene rings is 3. The fraction of sp³-hybridized carbons (Fsp3) is 0.0400. The van der Waals surface area contributed by atoms with Gasteiger partial charge in [0.25, 0.3) is 0 Å². The minimum absolute atomic E-state index is 0.493. The number of hydrogen-bond acceptors (Lipinski definition) is 3. The van der Waals surface area contributed by atoms with Crippen LogP contribution in [-0.4, -0.2) is 15.2 Å². The van der Waals surface area contributed by atoms with Crippen molar-refractivity contribution >= 4 is 28.3 Å². The molecule has 0 spiro atoms. The van der Waals surface area contributed by atoms with Gasteiger partial charge in [-0.2, -0.15) is 5.10 Å². The van der Waals surface area contributed by atoms with Gasteiger partial charge in [-0.1, -0.05) is 66.7 Å². The van der Waals surface area contributed by atoms with Crippen molar-refractivity contribution in [3.05, 3.63) is 90.6 Å². The largest absolute Gasteiger partial charge is 0.398 e. The average molecular weight is 411 g/mol. The number of nitrogens with zero attached hydrogens (tertiary/aromatic N) is 2. The molecule has 3 aromatic carbocycles. The molecule has 0 bridgehead atoms. The third kappa shape index (κ3) is 3.21. The van der Waals surface area contributed by atoms with E-state index in [-0.39, 0.29) is 0 Å². The number of nitrogens with one attached hydrogen (secondary N) is 1. The number of anilines is 1. The molecule has 5 aromatic rings. The van der Waals surface area contributed by atoms with Crippen molar-refractivity contribution in [3.63, 3.8) is 0 Å². The van der Waals surface area contributed by atoms with Gasteiger partial charge < -0.3 is 5.73 Å². The van der Waals surface area contributed by atoms with Gasteiger partial charge in [0, 0.05) is 39.8 Å². The average Bonchev–Trinajstić information content (AvgIpc) is 3.23. The van der Waals surface area contributed by atoms with Crippen LogP contribution in [0, 0.1) is 0 Å². The third-order valence-corrected chi connectivity index (χ3v) is 5.59. The Bertz CT molecular complexity index is 1320. The highest BCUT2D eigenvalue weighted by molar-refractivity contribution is 6.17. The molecule has 30 heavy (non-hydrogen) atoms. The Morgan fingerprint density at radius 1 is 0.833 bits per heavy atom. The van der Waals surface area contributed by atoms with Crippen molar-refractivity contribution in [1.82, 2.24) is 15.2 Å². The van der Waals surface area contributed by atoms with Crippen LogP contribution in [0.4, 0.5) is 5.69 Å². The predicted molar refractivity (Wildman–Crippen MR) is 124 cm³/mol. The lowest BCUT2D eigenvalue weighted by atomic mass is 9.93. The lowest BCUT2D eigenvalue weighted by Gasteiger charge is -2.13. The molecule has 2 heterocycles. The van der Waals surface area contributed by atoms with Crippen LogP contribution in [0.3, 0.4) is 0 Å². The summed E-state index contributed by atoms with van der Waals surface area (Å²) in [4.78, 5) is 4.59. The van der Waals surface area contributed by atoms with Gasteiger partial charge in [-0.05, 0) is 28.8 Å². The number of halogens is 1. The Labute approximate surface area is 179 Å². The second-order valence-electron chi connectivity index (χ2n) is 7.16. The molecule has 0 unspecified atom stereocenters. The van der Waals surface area contributed by atoms with E-state index >= 15 is 0 Å². The summed E-state index contributed by atoms with van der Waals surface area (Å²) in [6.45, 7) is 0. The summed E-state index contributed by atoms with van der Waals surface area (Å²) in [5, 5.41) is 8.46. The quantitative estimate of drug-likeness (QED) is 0.270. The molecule has 0 fully saturated rings. The van der Waals surface area contributed by atoms with Crippen LogP contribution in [0.25, 0.3) is 44.5 Å². The Kier molecular flexibility index (Phi) is 4.69. The van der Waals surface area contributed by atoms with E-state index in [1.807, 2.05) is 48.7 Å². The first-order valence-corrected chi connectivity index (χ1v) is 10.2. The van der Waals surface area contributed by atoms with Gasteiger partial charge in [-0.15, -0.1) is 11.6 Å². The maximum absolute atomic E-state index is 6.44. The highest BCUT2D eigenvalue weighted by Gasteiger charge is 2.15. The van der Waals surface area contributed by atoms with Gasteiger partial charge in [-0.25, -0.2) is 4.98 Å². The number of rotatable bonds is 4. The second kappa shape index (κ2) is 7.65. The Morgan fingerprint density at radius 2 is 1.63 bits per heavy atom. The number of pyridine rings is 1. The van der Waals surface area contributed by atoms with Crippen molar-refractivity contribution in [3.8, 4) is 33.5 Å². The van der Waals surface area contributed by atoms with Crippen molar-refractivity contribution in [1.29, 1.82) is 0 Å². The summed E-state index contributed by atoms with van der Waals surface area (Å²) in [6.07, 6.45) is 1.83. The minimum atomic E-state index is 0.493. The molecular formula is C25H19ClN4. The number of aromatic nitrogens is 3. The first-order valence-electron chi connectivity index (χ1n) is 9.68. The van der Waals surface area contributed by atoms with E-state index in [1.54, 1.807) is 0 Å². The summed E-state index contributed by atoms with van der Waals surface area (Å²) in [6, 6.07) is 26.5. The van der Waals surface area contributed by atoms with Gasteiger partial charge in [0.15, 0.2) is 5.65 Å². The topological polar surface area (TPSA) is 67.6 Å². The summed E-state index contributed by atoms with van der Waals surface area (Å²) in [5.41, 5.74) is 15.0. The first-order chi connectivity index (χ1) is 14.7. The lowest BCUT2D eigenvalue weighted by Crippen LogP contribution is -1.94. The molecule has 0 aliphatic heterocycles. The van der Waals surface area contributed by atoms with Crippen molar-refractivity contribution in [2.75, 3.05) is 5.73 Å². The highest BCUT2D eigenvalue weighted by Crippen LogP contribution is 2.38. The van der Waals surface area contributed by atoms with Gasteiger partial charge in [-0.3, -0.25) is 5.10 Å². The van der Waals surface area contributed by atoms with Crippen molar-refractivity contribution in [2.45, 2.75) is 5.88 Å². The van der Waals surface area contributed by atoms with Gasteiger partial charge >= 0.3 is 0 Å². The number of nitrogen functional groups attached to an aromatic ring is 1. The van der Waals surface area contributed by atoms with Crippen LogP contribution in [0.15, 0.2) is 85.1 Å². The maximum Gasteiger partial charge on any atom is 0.181 e. The molecule has 0 saturated heterocycles. The fourth-order valence-electron chi connectivity index (χ4n) is 3.77. The van der Waals surface area contributed by atoms with Gasteiger partial charge in [0.1, 0.15) is 0 Å². The monoisotopic (exact) mass is 410 g/mol. The predicted octanol–water partition coefficient (Wildman–Crippen LogP) is 6.28. The standard InChI is InChI=1S/C25H19ClN4/c26-14-16-9-11-17(12-10-16)20-7-4-8-22(27)23(20)19-13-21-24(18-5-2-1-3-6-18)29-30-25(21)28-15-19/h1-13,15H,14,27H2,(H,28,29,30).